The molecule has 128 valence electrons. The Labute approximate surface area is 147 Å². The van der Waals surface area contributed by atoms with Crippen molar-refractivity contribution in [1.29, 1.82) is 0 Å². The molecule has 4 rings (SSSR count). The quantitative estimate of drug-likeness (QED) is 0.739. The van der Waals surface area contributed by atoms with E-state index in [0.29, 0.717) is 6.42 Å². The fraction of sp³-hybridized carbons (Fsp3) is 0.350. The van der Waals surface area contributed by atoms with Crippen molar-refractivity contribution in [2.24, 2.45) is 0 Å². The van der Waals surface area contributed by atoms with Crippen LogP contribution in [0.5, 0.6) is 0 Å². The van der Waals surface area contributed by atoms with Gasteiger partial charge in [0.25, 0.3) is 0 Å². The van der Waals surface area contributed by atoms with Crippen LogP contribution in [0.1, 0.15) is 30.7 Å². The van der Waals surface area contributed by atoms with Crippen molar-refractivity contribution in [2.75, 3.05) is 13.1 Å². The molecule has 0 saturated carbocycles. The molecule has 1 amide bonds. The van der Waals surface area contributed by atoms with Gasteiger partial charge in [-0.1, -0.05) is 30.3 Å². The molecule has 1 aromatic carbocycles. The van der Waals surface area contributed by atoms with Crippen molar-refractivity contribution >= 4 is 11.6 Å². The van der Waals surface area contributed by atoms with Gasteiger partial charge in [-0.2, -0.15) is 5.10 Å². The number of nitrogens with zero attached hydrogens (tertiary/aromatic N) is 4. The van der Waals surface area contributed by atoms with Crippen LogP contribution in [0.2, 0.25) is 0 Å². The molecule has 3 aromatic rings. The van der Waals surface area contributed by atoms with Gasteiger partial charge in [-0.05, 0) is 38.3 Å². The maximum absolute atomic E-state index is 12.8. The normalized spacial score (nSPS) is 14.8. The third-order valence-corrected chi connectivity index (χ3v) is 4.78. The Kier molecular flexibility index (Phi) is 4.22. The lowest BCUT2D eigenvalue weighted by Gasteiger charge is -2.26. The zero-order chi connectivity index (χ0) is 17.2. The van der Waals surface area contributed by atoms with Crippen molar-refractivity contribution in [3.8, 4) is 11.3 Å². The molecule has 0 bridgehead atoms. The third kappa shape index (κ3) is 3.14. The van der Waals surface area contributed by atoms with E-state index in [1.165, 1.54) is 6.42 Å². The topological polar surface area (TPSA) is 50.5 Å². The molecule has 0 unspecified atom stereocenters. The average molecular weight is 334 g/mol. The molecule has 0 spiro atoms. The van der Waals surface area contributed by atoms with Crippen LogP contribution in [0.3, 0.4) is 0 Å². The van der Waals surface area contributed by atoms with Gasteiger partial charge in [0.2, 0.25) is 5.91 Å². The molecule has 1 aliphatic heterocycles. The minimum Gasteiger partial charge on any atom is -0.342 e. The molecular formula is C20H22N4O. The van der Waals surface area contributed by atoms with E-state index >= 15 is 0 Å². The summed E-state index contributed by atoms with van der Waals surface area (Å²) in [5.74, 6) is 0.169. The SMILES string of the molecule is Cc1ccc2nc(-c3ccccc3)c(CC(=O)N3CCCCC3)n2n1. The molecule has 0 N–H and O–H groups in total. The maximum atomic E-state index is 12.8. The van der Waals surface area contributed by atoms with Crippen molar-refractivity contribution < 1.29 is 4.79 Å². The van der Waals surface area contributed by atoms with Crippen LogP contribution >= 0.6 is 0 Å². The second-order valence-corrected chi connectivity index (χ2v) is 6.64. The van der Waals surface area contributed by atoms with Gasteiger partial charge in [0.15, 0.2) is 5.65 Å². The third-order valence-electron chi connectivity index (χ3n) is 4.78. The maximum Gasteiger partial charge on any atom is 0.228 e. The van der Waals surface area contributed by atoms with Crippen molar-refractivity contribution in [2.45, 2.75) is 32.6 Å². The number of hydrogen-bond acceptors (Lipinski definition) is 3. The lowest BCUT2D eigenvalue weighted by Crippen LogP contribution is -2.36. The number of carbonyl (C=O) groups is 1. The summed E-state index contributed by atoms with van der Waals surface area (Å²) in [6.45, 7) is 3.68. The molecule has 0 radical (unpaired) electrons. The highest BCUT2D eigenvalue weighted by molar-refractivity contribution is 5.81. The number of aromatic nitrogens is 3. The van der Waals surface area contributed by atoms with E-state index in [-0.39, 0.29) is 5.91 Å². The van der Waals surface area contributed by atoms with Gasteiger partial charge < -0.3 is 4.90 Å². The van der Waals surface area contributed by atoms with Gasteiger partial charge in [0, 0.05) is 18.7 Å². The molecule has 3 heterocycles. The zero-order valence-corrected chi connectivity index (χ0v) is 14.5. The van der Waals surface area contributed by atoms with Crippen LogP contribution in [0, 0.1) is 6.92 Å². The van der Waals surface area contributed by atoms with Gasteiger partial charge in [0.1, 0.15) is 0 Å². The van der Waals surface area contributed by atoms with Gasteiger partial charge in [-0.15, -0.1) is 0 Å². The highest BCUT2D eigenvalue weighted by Gasteiger charge is 2.22. The van der Waals surface area contributed by atoms with E-state index < -0.39 is 0 Å². The van der Waals surface area contributed by atoms with Gasteiger partial charge >= 0.3 is 0 Å². The molecule has 1 aliphatic rings. The summed E-state index contributed by atoms with van der Waals surface area (Å²) in [4.78, 5) is 19.6. The predicted molar refractivity (Wildman–Crippen MR) is 97.3 cm³/mol. The van der Waals surface area contributed by atoms with Crippen LogP contribution in [0.4, 0.5) is 0 Å². The molecule has 1 fully saturated rings. The molecule has 1 saturated heterocycles. The minimum atomic E-state index is 0.169. The van der Waals surface area contributed by atoms with E-state index in [0.717, 1.165) is 54.2 Å². The first-order valence-electron chi connectivity index (χ1n) is 8.91. The highest BCUT2D eigenvalue weighted by atomic mass is 16.2. The number of carbonyl (C=O) groups excluding carboxylic acids is 1. The number of piperidine rings is 1. The number of fused-ring (bicyclic) bond motifs is 1. The monoisotopic (exact) mass is 334 g/mol. The Bertz CT molecular complexity index is 895. The minimum absolute atomic E-state index is 0.169. The summed E-state index contributed by atoms with van der Waals surface area (Å²) in [5.41, 5.74) is 4.44. The zero-order valence-electron chi connectivity index (χ0n) is 14.5. The van der Waals surface area contributed by atoms with Crippen LogP contribution in [0.15, 0.2) is 42.5 Å². The number of amides is 1. The standard InChI is InChI=1S/C20H22N4O/c1-15-10-11-18-21-20(16-8-4-2-5-9-16)17(24(18)22-15)14-19(25)23-12-6-3-7-13-23/h2,4-5,8-11H,3,6-7,12-14H2,1H3. The Hall–Kier alpha value is -2.69. The lowest BCUT2D eigenvalue weighted by molar-refractivity contribution is -0.131. The number of imidazole rings is 1. The number of likely N-dealkylation sites (tertiary alicyclic amines) is 1. The Morgan fingerprint density at radius 2 is 1.80 bits per heavy atom. The van der Waals surface area contributed by atoms with E-state index in [4.69, 9.17) is 4.98 Å². The molecule has 0 aliphatic carbocycles. The summed E-state index contributed by atoms with van der Waals surface area (Å²) >= 11 is 0. The number of aryl methyl sites for hydroxylation is 1. The van der Waals surface area contributed by atoms with Crippen molar-refractivity contribution in [3.05, 3.63) is 53.9 Å². The smallest absolute Gasteiger partial charge is 0.228 e. The van der Waals surface area contributed by atoms with Gasteiger partial charge in [-0.3, -0.25) is 4.79 Å². The molecule has 25 heavy (non-hydrogen) atoms. The largest absolute Gasteiger partial charge is 0.342 e. The first-order valence-corrected chi connectivity index (χ1v) is 8.91. The first kappa shape index (κ1) is 15.8. The van der Waals surface area contributed by atoms with E-state index in [2.05, 4.69) is 5.10 Å². The van der Waals surface area contributed by atoms with Gasteiger partial charge in [0.05, 0.1) is 23.5 Å². The molecule has 0 atom stereocenters. The van der Waals surface area contributed by atoms with Crippen LogP contribution in [-0.2, 0) is 11.2 Å². The van der Waals surface area contributed by atoms with E-state index in [9.17, 15) is 4.79 Å². The van der Waals surface area contributed by atoms with Gasteiger partial charge in [-0.25, -0.2) is 9.50 Å². The average Bonchev–Trinajstić information content (AvgIpc) is 3.01. The Morgan fingerprint density at radius 1 is 1.04 bits per heavy atom. The fourth-order valence-electron chi connectivity index (χ4n) is 3.45. The Balaban J connectivity index is 1.77. The predicted octanol–water partition coefficient (Wildman–Crippen LogP) is 3.26. The van der Waals surface area contributed by atoms with E-state index in [1.807, 2.05) is 58.8 Å². The summed E-state index contributed by atoms with van der Waals surface area (Å²) in [6, 6.07) is 14.0. The lowest BCUT2D eigenvalue weighted by atomic mass is 10.1. The Morgan fingerprint density at radius 3 is 2.56 bits per heavy atom. The summed E-state index contributed by atoms with van der Waals surface area (Å²) in [7, 11) is 0. The summed E-state index contributed by atoms with van der Waals surface area (Å²) in [5, 5.41) is 4.60. The number of hydrogen-bond donors (Lipinski definition) is 0. The van der Waals surface area contributed by atoms with Crippen molar-refractivity contribution in [1.82, 2.24) is 19.5 Å². The number of benzene rings is 1. The van der Waals surface area contributed by atoms with Crippen LogP contribution < -0.4 is 0 Å². The molecule has 2 aromatic heterocycles. The molecular weight excluding hydrogens is 312 g/mol. The highest BCUT2D eigenvalue weighted by Crippen LogP contribution is 2.25. The van der Waals surface area contributed by atoms with E-state index in [1.54, 1.807) is 0 Å². The number of rotatable bonds is 3. The van der Waals surface area contributed by atoms with Crippen LogP contribution in [-0.4, -0.2) is 38.5 Å². The first-order chi connectivity index (χ1) is 12.2. The molecule has 5 nitrogen and oxygen atoms in total. The second kappa shape index (κ2) is 6.67. The fourth-order valence-corrected chi connectivity index (χ4v) is 3.45. The second-order valence-electron chi connectivity index (χ2n) is 6.64. The summed E-state index contributed by atoms with van der Waals surface area (Å²) in [6.07, 6.45) is 3.75. The van der Waals surface area contributed by atoms with Crippen LogP contribution in [0.25, 0.3) is 16.9 Å². The summed E-state index contributed by atoms with van der Waals surface area (Å²) < 4.78 is 1.83. The molecule has 5 heteroatoms. The van der Waals surface area contributed by atoms with Crippen molar-refractivity contribution in [3.63, 3.8) is 0 Å².